The van der Waals surface area contributed by atoms with Crippen molar-refractivity contribution in [3.8, 4) is 5.75 Å². The summed E-state index contributed by atoms with van der Waals surface area (Å²) in [4.78, 5) is 24.3. The van der Waals surface area contributed by atoms with Crippen LogP contribution in [0.3, 0.4) is 0 Å². The van der Waals surface area contributed by atoms with Gasteiger partial charge in [-0.25, -0.2) is 0 Å². The summed E-state index contributed by atoms with van der Waals surface area (Å²) in [5.74, 6) is 0.554. The van der Waals surface area contributed by atoms with Crippen molar-refractivity contribution in [1.82, 2.24) is 25.0 Å². The van der Waals surface area contributed by atoms with Gasteiger partial charge in [0.25, 0.3) is 11.2 Å². The molecule has 0 N–H and O–H groups in total. The average Bonchev–Trinajstić information content (AvgIpc) is 3.31. The van der Waals surface area contributed by atoms with Gasteiger partial charge in [-0.2, -0.15) is 4.68 Å². The minimum atomic E-state index is -0.442. The summed E-state index contributed by atoms with van der Waals surface area (Å²) in [5.41, 5.74) is 1.95. The first kappa shape index (κ1) is 20.0. The molecular weight excluding hydrogens is 400 g/mol. The molecule has 2 heterocycles. The zero-order valence-electron chi connectivity index (χ0n) is 16.4. The maximum atomic E-state index is 12.3. The van der Waals surface area contributed by atoms with Crippen LogP contribution in [0.15, 0.2) is 77.9 Å². The summed E-state index contributed by atoms with van der Waals surface area (Å²) in [6.07, 6.45) is 2.05. The van der Waals surface area contributed by atoms with Gasteiger partial charge in [0.1, 0.15) is 12.4 Å². The molecule has 10 nitrogen and oxygen atoms in total. The lowest BCUT2D eigenvalue weighted by Gasteiger charge is -2.13. The number of aromatic nitrogens is 5. The third kappa shape index (κ3) is 4.64. The number of nitrogens with zero attached hydrogens (tertiary/aromatic N) is 6. The molecule has 0 aliphatic heterocycles. The number of ether oxygens (including phenoxy) is 1. The van der Waals surface area contributed by atoms with E-state index in [1.165, 1.54) is 29.2 Å². The molecule has 0 bridgehead atoms. The number of benzene rings is 2. The molecular formula is C21H18N6O4. The van der Waals surface area contributed by atoms with Crippen LogP contribution in [0.25, 0.3) is 0 Å². The number of hydrogen-bond acceptors (Lipinski definition) is 7. The Morgan fingerprint density at radius 1 is 1.00 bits per heavy atom. The van der Waals surface area contributed by atoms with Crippen LogP contribution in [0.2, 0.25) is 0 Å². The van der Waals surface area contributed by atoms with Crippen molar-refractivity contribution in [2.75, 3.05) is 0 Å². The van der Waals surface area contributed by atoms with Gasteiger partial charge in [0, 0.05) is 29.5 Å². The monoisotopic (exact) mass is 418 g/mol. The van der Waals surface area contributed by atoms with Gasteiger partial charge in [0.15, 0.2) is 6.33 Å². The lowest BCUT2D eigenvalue weighted by Crippen LogP contribution is -2.30. The van der Waals surface area contributed by atoms with Crippen LogP contribution in [0.1, 0.15) is 16.8 Å². The molecule has 0 unspecified atom stereocenters. The zero-order chi connectivity index (χ0) is 21.6. The smallest absolute Gasteiger partial charge is 0.272 e. The molecule has 0 spiro atoms. The molecule has 0 atom stereocenters. The van der Waals surface area contributed by atoms with Crippen molar-refractivity contribution in [3.63, 3.8) is 0 Å². The quantitative estimate of drug-likeness (QED) is 0.318. The SMILES string of the molecule is O=c1cccc(CCc2cc([N+](=O)[O-])ccc2OCc2ccccc2)n1-n1ncnn1. The molecule has 2 aromatic heterocycles. The second kappa shape index (κ2) is 8.99. The molecule has 0 aliphatic carbocycles. The van der Waals surface area contributed by atoms with Crippen LogP contribution in [0.5, 0.6) is 5.75 Å². The fourth-order valence-corrected chi connectivity index (χ4v) is 3.18. The molecule has 0 aliphatic rings. The molecule has 0 saturated heterocycles. The predicted molar refractivity (Wildman–Crippen MR) is 111 cm³/mol. The van der Waals surface area contributed by atoms with E-state index in [9.17, 15) is 14.9 Å². The summed E-state index contributed by atoms with van der Waals surface area (Å²) in [5, 5.41) is 22.6. The number of tetrazole rings is 1. The topological polar surface area (TPSA) is 118 Å². The molecule has 10 heteroatoms. The number of rotatable bonds is 8. The first-order valence-corrected chi connectivity index (χ1v) is 9.50. The van der Waals surface area contributed by atoms with Crippen molar-refractivity contribution < 1.29 is 9.66 Å². The van der Waals surface area contributed by atoms with E-state index in [4.69, 9.17) is 4.74 Å². The van der Waals surface area contributed by atoms with Gasteiger partial charge in [-0.15, -0.1) is 10.2 Å². The Hall–Kier alpha value is -4.34. The van der Waals surface area contributed by atoms with E-state index in [-0.39, 0.29) is 11.2 Å². The molecule has 0 fully saturated rings. The van der Waals surface area contributed by atoms with Gasteiger partial charge in [-0.1, -0.05) is 41.3 Å². The molecule has 4 rings (SSSR count). The summed E-state index contributed by atoms with van der Waals surface area (Å²) >= 11 is 0. The first-order chi connectivity index (χ1) is 15.1. The second-order valence-corrected chi connectivity index (χ2v) is 6.69. The zero-order valence-corrected chi connectivity index (χ0v) is 16.4. The lowest BCUT2D eigenvalue weighted by atomic mass is 10.1. The third-order valence-corrected chi connectivity index (χ3v) is 4.67. The number of hydrogen-bond donors (Lipinski definition) is 0. The van der Waals surface area contributed by atoms with Crippen LogP contribution >= 0.6 is 0 Å². The molecule has 0 amide bonds. The van der Waals surface area contributed by atoms with Crippen LogP contribution in [-0.4, -0.2) is 29.9 Å². The van der Waals surface area contributed by atoms with Crippen molar-refractivity contribution in [1.29, 1.82) is 0 Å². The van der Waals surface area contributed by atoms with Crippen LogP contribution in [0, 0.1) is 10.1 Å². The van der Waals surface area contributed by atoms with E-state index in [1.54, 1.807) is 18.2 Å². The van der Waals surface area contributed by atoms with E-state index in [2.05, 4.69) is 15.4 Å². The fraction of sp³-hybridized carbons (Fsp3) is 0.143. The number of nitro benzene ring substituents is 1. The highest BCUT2D eigenvalue weighted by Crippen LogP contribution is 2.26. The normalized spacial score (nSPS) is 10.7. The van der Waals surface area contributed by atoms with Gasteiger partial charge in [0.05, 0.1) is 4.92 Å². The van der Waals surface area contributed by atoms with Gasteiger partial charge in [-0.05, 0) is 35.8 Å². The van der Waals surface area contributed by atoms with Crippen molar-refractivity contribution >= 4 is 5.69 Å². The van der Waals surface area contributed by atoms with E-state index < -0.39 is 4.92 Å². The van der Waals surface area contributed by atoms with E-state index in [0.717, 1.165) is 10.5 Å². The van der Waals surface area contributed by atoms with Gasteiger partial charge < -0.3 is 4.74 Å². The lowest BCUT2D eigenvalue weighted by molar-refractivity contribution is -0.384. The molecule has 31 heavy (non-hydrogen) atoms. The summed E-state index contributed by atoms with van der Waals surface area (Å²) in [6.45, 7) is 0.338. The van der Waals surface area contributed by atoms with Crippen LogP contribution in [-0.2, 0) is 19.4 Å². The van der Waals surface area contributed by atoms with Gasteiger partial charge in [0.2, 0.25) is 0 Å². The molecule has 0 saturated carbocycles. The highest BCUT2D eigenvalue weighted by molar-refractivity contribution is 5.44. The Morgan fingerprint density at radius 2 is 1.84 bits per heavy atom. The van der Waals surface area contributed by atoms with E-state index in [1.807, 2.05) is 30.3 Å². The molecule has 0 radical (unpaired) electrons. The van der Waals surface area contributed by atoms with Crippen molar-refractivity contribution in [2.24, 2.45) is 0 Å². The summed E-state index contributed by atoms with van der Waals surface area (Å²) in [7, 11) is 0. The minimum absolute atomic E-state index is 0.0227. The predicted octanol–water partition coefficient (Wildman–Crippen LogP) is 2.42. The first-order valence-electron chi connectivity index (χ1n) is 9.50. The van der Waals surface area contributed by atoms with Crippen molar-refractivity contribution in [2.45, 2.75) is 19.4 Å². The van der Waals surface area contributed by atoms with Crippen LogP contribution < -0.4 is 10.3 Å². The molecule has 2 aromatic carbocycles. The molecule has 4 aromatic rings. The maximum absolute atomic E-state index is 12.3. The highest BCUT2D eigenvalue weighted by atomic mass is 16.6. The average molecular weight is 418 g/mol. The number of non-ortho nitro benzene ring substituents is 1. The Morgan fingerprint density at radius 3 is 2.58 bits per heavy atom. The van der Waals surface area contributed by atoms with E-state index >= 15 is 0 Å². The largest absolute Gasteiger partial charge is 0.489 e. The molecule has 156 valence electrons. The van der Waals surface area contributed by atoms with E-state index in [0.29, 0.717) is 36.5 Å². The Labute approximate surface area is 176 Å². The Bertz CT molecular complexity index is 1240. The summed E-state index contributed by atoms with van der Waals surface area (Å²) in [6, 6.07) is 19.0. The third-order valence-electron chi connectivity index (χ3n) is 4.67. The Balaban J connectivity index is 1.60. The van der Waals surface area contributed by atoms with Crippen molar-refractivity contribution in [3.05, 3.63) is 110 Å². The number of nitro groups is 1. The van der Waals surface area contributed by atoms with Crippen LogP contribution in [0.4, 0.5) is 5.69 Å². The highest BCUT2D eigenvalue weighted by Gasteiger charge is 2.14. The maximum Gasteiger partial charge on any atom is 0.272 e. The second-order valence-electron chi connectivity index (χ2n) is 6.69. The standard InChI is InChI=1S/C21H18N6O4/c28-21-8-4-7-18(25(21)27-23-15-22-24-27)10-9-17-13-19(26(29)30)11-12-20(17)31-14-16-5-2-1-3-6-16/h1-8,11-13,15H,9-10,14H2. The number of pyridine rings is 1. The minimum Gasteiger partial charge on any atom is -0.489 e. The van der Waals surface area contributed by atoms with Gasteiger partial charge in [-0.3, -0.25) is 14.9 Å². The van der Waals surface area contributed by atoms with Gasteiger partial charge >= 0.3 is 0 Å². The summed E-state index contributed by atoms with van der Waals surface area (Å²) < 4.78 is 7.24. The fourth-order valence-electron chi connectivity index (χ4n) is 3.18. The number of aryl methyl sites for hydroxylation is 2. The Kier molecular flexibility index (Phi) is 5.79.